The Labute approximate surface area is 99.7 Å². The number of aliphatic carboxylic acids is 1. The Kier molecular flexibility index (Phi) is 2.91. The van der Waals surface area contributed by atoms with Crippen LogP contribution in [0.2, 0.25) is 0 Å². The summed E-state index contributed by atoms with van der Waals surface area (Å²) in [5, 5.41) is 12.3. The van der Waals surface area contributed by atoms with Gasteiger partial charge in [0.25, 0.3) is 0 Å². The second-order valence-electron chi connectivity index (χ2n) is 4.69. The van der Waals surface area contributed by atoms with Crippen LogP contribution in [-0.4, -0.2) is 18.1 Å². The van der Waals surface area contributed by atoms with E-state index >= 15 is 0 Å². The fourth-order valence-electron chi connectivity index (χ4n) is 2.37. The highest BCUT2D eigenvalue weighted by molar-refractivity contribution is 5.79. The fourth-order valence-corrected chi connectivity index (χ4v) is 2.37. The zero-order valence-electron chi connectivity index (χ0n) is 9.96. The monoisotopic (exact) mass is 237 g/mol. The van der Waals surface area contributed by atoms with Crippen LogP contribution in [0.1, 0.15) is 30.0 Å². The van der Waals surface area contributed by atoms with E-state index in [2.05, 4.69) is 5.32 Å². The molecule has 1 saturated carbocycles. The average molecular weight is 237 g/mol. The van der Waals surface area contributed by atoms with Crippen molar-refractivity contribution in [2.45, 2.75) is 25.8 Å². The minimum Gasteiger partial charge on any atom is -0.481 e. The second kappa shape index (κ2) is 4.11. The summed E-state index contributed by atoms with van der Waals surface area (Å²) in [5.41, 5.74) is 0.675. The number of carboxylic acid groups (broad SMARTS) is 1. The fraction of sp³-hybridized carbons (Fsp3) is 0.462. The molecule has 0 spiro atoms. The summed E-state index contributed by atoms with van der Waals surface area (Å²) < 4.78 is 13.2. The molecule has 92 valence electrons. The molecule has 1 aliphatic rings. The molecule has 0 aromatic heterocycles. The molecule has 3 nitrogen and oxygen atoms in total. The first kappa shape index (κ1) is 12.0. The van der Waals surface area contributed by atoms with Crippen LogP contribution in [0.5, 0.6) is 0 Å². The van der Waals surface area contributed by atoms with Crippen LogP contribution in [0.15, 0.2) is 18.2 Å². The first-order valence-corrected chi connectivity index (χ1v) is 5.68. The number of hydrogen-bond donors (Lipinski definition) is 2. The molecule has 2 N–H and O–H groups in total. The number of hydrogen-bond acceptors (Lipinski definition) is 2. The van der Waals surface area contributed by atoms with Gasteiger partial charge in [-0.15, -0.1) is 0 Å². The van der Waals surface area contributed by atoms with Gasteiger partial charge < -0.3 is 10.4 Å². The topological polar surface area (TPSA) is 49.3 Å². The van der Waals surface area contributed by atoms with E-state index in [1.807, 2.05) is 0 Å². The maximum absolute atomic E-state index is 13.2. The molecular weight excluding hydrogens is 221 g/mol. The molecule has 0 bridgehead atoms. The van der Waals surface area contributed by atoms with Crippen LogP contribution >= 0.6 is 0 Å². The van der Waals surface area contributed by atoms with E-state index in [4.69, 9.17) is 0 Å². The molecule has 0 radical (unpaired) electrons. The molecule has 17 heavy (non-hydrogen) atoms. The van der Waals surface area contributed by atoms with Crippen molar-refractivity contribution in [2.75, 3.05) is 7.05 Å². The van der Waals surface area contributed by atoms with Crippen LogP contribution in [0.3, 0.4) is 0 Å². The highest BCUT2D eigenvalue weighted by atomic mass is 19.1. The zero-order chi connectivity index (χ0) is 12.6. The molecule has 1 aliphatic carbocycles. The molecule has 0 heterocycles. The normalized spacial score (nSPS) is 18.8. The van der Waals surface area contributed by atoms with Crippen LogP contribution < -0.4 is 5.32 Å². The lowest BCUT2D eigenvalue weighted by Crippen LogP contribution is -2.32. The highest BCUT2D eigenvalue weighted by Crippen LogP contribution is 2.55. The van der Waals surface area contributed by atoms with E-state index < -0.39 is 11.4 Å². The molecule has 0 saturated heterocycles. The number of carboxylic acids is 1. The number of carbonyl (C=O) groups is 1. The van der Waals surface area contributed by atoms with Gasteiger partial charge in [-0.25, -0.2) is 4.39 Å². The summed E-state index contributed by atoms with van der Waals surface area (Å²) in [6.45, 7) is 1.69. The van der Waals surface area contributed by atoms with E-state index in [0.29, 0.717) is 18.4 Å². The summed E-state index contributed by atoms with van der Waals surface area (Å²) in [6, 6.07) is 4.53. The lowest BCUT2D eigenvalue weighted by Gasteiger charge is -2.24. The standard InChI is InChI=1S/C13H16FNO2/c1-8-7-9(3-4-10(8)14)11(15-2)13(5-6-13)12(16)17/h3-4,7,11,15H,5-6H2,1-2H3,(H,16,17). The van der Waals surface area contributed by atoms with E-state index in [-0.39, 0.29) is 11.9 Å². The van der Waals surface area contributed by atoms with Crippen molar-refractivity contribution in [3.05, 3.63) is 35.1 Å². The van der Waals surface area contributed by atoms with Crippen LogP contribution in [0.25, 0.3) is 0 Å². The quantitative estimate of drug-likeness (QED) is 0.844. The number of benzene rings is 1. The summed E-state index contributed by atoms with van der Waals surface area (Å²) >= 11 is 0. The van der Waals surface area contributed by atoms with Crippen LogP contribution in [0.4, 0.5) is 4.39 Å². The predicted octanol–water partition coefficient (Wildman–Crippen LogP) is 2.26. The van der Waals surface area contributed by atoms with E-state index in [1.54, 1.807) is 26.1 Å². The Balaban J connectivity index is 2.36. The number of nitrogens with one attached hydrogen (secondary N) is 1. The van der Waals surface area contributed by atoms with Gasteiger partial charge in [0, 0.05) is 6.04 Å². The third kappa shape index (κ3) is 1.93. The Bertz CT molecular complexity index is 455. The Morgan fingerprint density at radius 3 is 2.59 bits per heavy atom. The summed E-state index contributed by atoms with van der Waals surface area (Å²) in [6.07, 6.45) is 1.34. The van der Waals surface area contributed by atoms with Crippen molar-refractivity contribution in [3.8, 4) is 0 Å². The largest absolute Gasteiger partial charge is 0.481 e. The van der Waals surface area contributed by atoms with Gasteiger partial charge in [0.15, 0.2) is 0 Å². The van der Waals surface area contributed by atoms with Crippen molar-refractivity contribution in [1.29, 1.82) is 0 Å². The molecule has 1 fully saturated rings. The highest BCUT2D eigenvalue weighted by Gasteiger charge is 2.56. The van der Waals surface area contributed by atoms with Gasteiger partial charge >= 0.3 is 5.97 Å². The summed E-state index contributed by atoms with van der Waals surface area (Å²) in [5.74, 6) is -1.04. The van der Waals surface area contributed by atoms with Gasteiger partial charge in [-0.2, -0.15) is 0 Å². The van der Waals surface area contributed by atoms with Crippen molar-refractivity contribution in [3.63, 3.8) is 0 Å². The minimum absolute atomic E-state index is 0.251. The average Bonchev–Trinajstić information content (AvgIpc) is 3.06. The maximum atomic E-state index is 13.2. The summed E-state index contributed by atoms with van der Waals surface area (Å²) in [7, 11) is 1.74. The van der Waals surface area contributed by atoms with Gasteiger partial charge in [0.05, 0.1) is 5.41 Å². The Hall–Kier alpha value is -1.42. The van der Waals surface area contributed by atoms with Gasteiger partial charge in [-0.1, -0.05) is 12.1 Å². The third-order valence-electron chi connectivity index (χ3n) is 3.57. The Morgan fingerprint density at radius 2 is 2.18 bits per heavy atom. The molecule has 1 aromatic carbocycles. The number of halogens is 1. The molecule has 1 aromatic rings. The first-order valence-electron chi connectivity index (χ1n) is 5.68. The van der Waals surface area contributed by atoms with E-state index in [9.17, 15) is 14.3 Å². The van der Waals surface area contributed by atoms with Crippen molar-refractivity contribution >= 4 is 5.97 Å². The molecule has 0 aliphatic heterocycles. The maximum Gasteiger partial charge on any atom is 0.311 e. The van der Waals surface area contributed by atoms with Crippen LogP contribution in [0, 0.1) is 18.2 Å². The van der Waals surface area contributed by atoms with Crippen molar-refractivity contribution in [1.82, 2.24) is 5.32 Å². The van der Waals surface area contributed by atoms with Gasteiger partial charge in [-0.3, -0.25) is 4.79 Å². The molecule has 0 amide bonds. The van der Waals surface area contributed by atoms with Crippen molar-refractivity contribution in [2.24, 2.45) is 5.41 Å². The van der Waals surface area contributed by atoms with E-state index in [0.717, 1.165) is 5.56 Å². The lowest BCUT2D eigenvalue weighted by atomic mass is 9.89. The smallest absolute Gasteiger partial charge is 0.311 e. The van der Waals surface area contributed by atoms with Gasteiger partial charge in [-0.05, 0) is 44.0 Å². The molecule has 2 rings (SSSR count). The SMILES string of the molecule is CNC(c1ccc(F)c(C)c1)C1(C(=O)O)CC1. The Morgan fingerprint density at radius 1 is 1.53 bits per heavy atom. The third-order valence-corrected chi connectivity index (χ3v) is 3.57. The zero-order valence-corrected chi connectivity index (χ0v) is 9.96. The predicted molar refractivity (Wildman–Crippen MR) is 62.2 cm³/mol. The molecule has 1 unspecified atom stereocenters. The second-order valence-corrected chi connectivity index (χ2v) is 4.69. The summed E-state index contributed by atoms with van der Waals surface area (Å²) in [4.78, 5) is 11.3. The number of aryl methyl sites for hydroxylation is 1. The number of rotatable bonds is 4. The lowest BCUT2D eigenvalue weighted by molar-refractivity contribution is -0.144. The molecule has 4 heteroatoms. The molecule has 1 atom stereocenters. The van der Waals surface area contributed by atoms with Gasteiger partial charge in [0.1, 0.15) is 5.82 Å². The van der Waals surface area contributed by atoms with Crippen molar-refractivity contribution < 1.29 is 14.3 Å². The van der Waals surface area contributed by atoms with E-state index in [1.165, 1.54) is 6.07 Å². The van der Waals surface area contributed by atoms with Gasteiger partial charge in [0.2, 0.25) is 0 Å². The van der Waals surface area contributed by atoms with Crippen LogP contribution in [-0.2, 0) is 4.79 Å². The molecular formula is C13H16FNO2. The first-order chi connectivity index (χ1) is 8.01. The minimum atomic E-state index is -0.779.